The van der Waals surface area contributed by atoms with Gasteiger partial charge in [-0.1, -0.05) is 42.5 Å². The van der Waals surface area contributed by atoms with E-state index in [0.29, 0.717) is 6.42 Å². The van der Waals surface area contributed by atoms with E-state index in [1.54, 1.807) is 7.05 Å². The zero-order chi connectivity index (χ0) is 16.2. The minimum atomic E-state index is -0.241. The normalized spacial score (nSPS) is 24.0. The van der Waals surface area contributed by atoms with Crippen molar-refractivity contribution in [1.82, 2.24) is 14.7 Å². The molecule has 1 aromatic carbocycles. The van der Waals surface area contributed by atoms with Crippen molar-refractivity contribution in [2.75, 3.05) is 39.8 Å². The molecule has 2 saturated heterocycles. The fourth-order valence-electron chi connectivity index (χ4n) is 3.18. The number of likely N-dealkylation sites (tertiary alicyclic amines) is 1. The first kappa shape index (κ1) is 15.9. The first-order chi connectivity index (χ1) is 11.1. The fourth-order valence-corrected chi connectivity index (χ4v) is 3.18. The number of amides is 2. The highest BCUT2D eigenvalue weighted by molar-refractivity contribution is 6.05. The Labute approximate surface area is 137 Å². The second-order valence-electron chi connectivity index (χ2n) is 6.16. The van der Waals surface area contributed by atoms with Gasteiger partial charge in [-0.15, -0.1) is 0 Å². The summed E-state index contributed by atoms with van der Waals surface area (Å²) in [5.41, 5.74) is 1.21. The van der Waals surface area contributed by atoms with Crippen molar-refractivity contribution >= 4 is 17.9 Å². The molecule has 1 atom stereocenters. The van der Waals surface area contributed by atoms with Crippen LogP contribution in [0.5, 0.6) is 0 Å². The van der Waals surface area contributed by atoms with Crippen molar-refractivity contribution in [1.29, 1.82) is 0 Å². The predicted octanol–water partition coefficient (Wildman–Crippen LogP) is 1.07. The summed E-state index contributed by atoms with van der Waals surface area (Å²) in [7, 11) is 1.58. The van der Waals surface area contributed by atoms with E-state index in [4.69, 9.17) is 0 Å². The Balaban J connectivity index is 1.46. The lowest BCUT2D eigenvalue weighted by atomic mass is 10.1. The third-order valence-electron chi connectivity index (χ3n) is 4.68. The van der Waals surface area contributed by atoms with Crippen molar-refractivity contribution in [2.45, 2.75) is 12.5 Å². The van der Waals surface area contributed by atoms with Crippen LogP contribution in [0.2, 0.25) is 0 Å². The van der Waals surface area contributed by atoms with Crippen LogP contribution in [0.3, 0.4) is 0 Å². The molecule has 1 aromatic rings. The Hall–Kier alpha value is -1.98. The number of hydrogen-bond acceptors (Lipinski definition) is 4. The van der Waals surface area contributed by atoms with Gasteiger partial charge in [0.2, 0.25) is 11.8 Å². The minimum Gasteiger partial charge on any atom is -0.297 e. The van der Waals surface area contributed by atoms with E-state index in [1.165, 1.54) is 10.5 Å². The topological polar surface area (TPSA) is 43.9 Å². The van der Waals surface area contributed by atoms with Gasteiger partial charge in [-0.25, -0.2) is 0 Å². The summed E-state index contributed by atoms with van der Waals surface area (Å²) >= 11 is 0. The minimum absolute atomic E-state index is 0.0487. The molecule has 2 aliphatic rings. The van der Waals surface area contributed by atoms with Crippen LogP contribution in [0.15, 0.2) is 36.4 Å². The van der Waals surface area contributed by atoms with Gasteiger partial charge in [-0.2, -0.15) is 0 Å². The van der Waals surface area contributed by atoms with Gasteiger partial charge >= 0.3 is 0 Å². The molecule has 5 heteroatoms. The molecule has 2 fully saturated rings. The molecule has 2 aliphatic heterocycles. The largest absolute Gasteiger partial charge is 0.297 e. The van der Waals surface area contributed by atoms with Crippen molar-refractivity contribution in [3.05, 3.63) is 42.0 Å². The molecule has 2 amide bonds. The summed E-state index contributed by atoms with van der Waals surface area (Å²) in [6.07, 6.45) is 4.66. The highest BCUT2D eigenvalue weighted by atomic mass is 16.2. The summed E-state index contributed by atoms with van der Waals surface area (Å²) in [6, 6.07) is 10.0. The van der Waals surface area contributed by atoms with Gasteiger partial charge in [-0.05, 0) is 5.56 Å². The lowest BCUT2D eigenvalue weighted by Crippen LogP contribution is -2.52. The van der Waals surface area contributed by atoms with Crippen LogP contribution in [0.1, 0.15) is 12.0 Å². The van der Waals surface area contributed by atoms with E-state index in [9.17, 15) is 9.59 Å². The number of rotatable bonds is 4. The second-order valence-corrected chi connectivity index (χ2v) is 6.16. The smallest absolute Gasteiger partial charge is 0.246 e. The predicted molar refractivity (Wildman–Crippen MR) is 89.7 cm³/mol. The third-order valence-corrected chi connectivity index (χ3v) is 4.68. The number of carbonyl (C=O) groups is 2. The molecule has 0 bridgehead atoms. The standard InChI is InChI=1S/C18H23N3O2/c1-19-17(22)14-16(18(19)23)21-12-10-20(11-13-21)9-5-8-15-6-3-2-4-7-15/h2-8,16H,9-14H2,1H3/b8-5-/t16-/m1/s1. The van der Waals surface area contributed by atoms with E-state index in [1.807, 2.05) is 18.2 Å². The van der Waals surface area contributed by atoms with Crippen LogP contribution in [0, 0.1) is 0 Å². The maximum absolute atomic E-state index is 12.1. The molecule has 23 heavy (non-hydrogen) atoms. The lowest BCUT2D eigenvalue weighted by Gasteiger charge is -2.36. The molecular weight excluding hydrogens is 290 g/mol. The van der Waals surface area contributed by atoms with Crippen molar-refractivity contribution in [3.8, 4) is 0 Å². The highest BCUT2D eigenvalue weighted by Crippen LogP contribution is 2.18. The molecule has 0 aliphatic carbocycles. The summed E-state index contributed by atoms with van der Waals surface area (Å²) in [5.74, 6) is -0.111. The summed E-state index contributed by atoms with van der Waals surface area (Å²) < 4.78 is 0. The number of likely N-dealkylation sites (N-methyl/N-ethyl adjacent to an activating group) is 1. The van der Waals surface area contributed by atoms with Crippen LogP contribution < -0.4 is 0 Å². The first-order valence-corrected chi connectivity index (χ1v) is 8.13. The van der Waals surface area contributed by atoms with Crippen LogP contribution in [-0.4, -0.2) is 72.3 Å². The van der Waals surface area contributed by atoms with E-state index in [0.717, 1.165) is 32.7 Å². The molecule has 5 nitrogen and oxygen atoms in total. The number of hydrogen-bond donors (Lipinski definition) is 0. The number of carbonyl (C=O) groups excluding carboxylic acids is 2. The van der Waals surface area contributed by atoms with Crippen molar-refractivity contribution < 1.29 is 9.59 Å². The van der Waals surface area contributed by atoms with Crippen LogP contribution in [0.25, 0.3) is 6.08 Å². The maximum Gasteiger partial charge on any atom is 0.246 e. The third kappa shape index (κ3) is 3.68. The Bertz CT molecular complexity index is 592. The molecule has 2 heterocycles. The zero-order valence-electron chi connectivity index (χ0n) is 13.5. The molecule has 0 N–H and O–H groups in total. The van der Waals surface area contributed by atoms with E-state index in [-0.39, 0.29) is 17.9 Å². The molecule has 0 spiro atoms. The molecule has 0 unspecified atom stereocenters. The van der Waals surface area contributed by atoms with Crippen molar-refractivity contribution in [3.63, 3.8) is 0 Å². The summed E-state index contributed by atoms with van der Waals surface area (Å²) in [5, 5.41) is 0. The lowest BCUT2D eigenvalue weighted by molar-refractivity contribution is -0.138. The molecular formula is C18H23N3O2. The Kier molecular flexibility index (Phi) is 4.88. The average Bonchev–Trinajstić information content (AvgIpc) is 2.84. The Morgan fingerprint density at radius 2 is 1.78 bits per heavy atom. The fraction of sp³-hybridized carbons (Fsp3) is 0.444. The first-order valence-electron chi connectivity index (χ1n) is 8.13. The number of imide groups is 1. The van der Waals surface area contributed by atoms with Gasteiger partial charge in [0.15, 0.2) is 0 Å². The van der Waals surface area contributed by atoms with Gasteiger partial charge < -0.3 is 0 Å². The maximum atomic E-state index is 12.1. The highest BCUT2D eigenvalue weighted by Gasteiger charge is 2.40. The molecule has 0 radical (unpaired) electrons. The van der Waals surface area contributed by atoms with Crippen LogP contribution in [-0.2, 0) is 9.59 Å². The average molecular weight is 313 g/mol. The van der Waals surface area contributed by atoms with Gasteiger partial charge in [0, 0.05) is 39.8 Å². The van der Waals surface area contributed by atoms with Crippen molar-refractivity contribution in [2.24, 2.45) is 0 Å². The quantitative estimate of drug-likeness (QED) is 0.780. The monoisotopic (exact) mass is 313 g/mol. The second kappa shape index (κ2) is 7.06. The van der Waals surface area contributed by atoms with Crippen LogP contribution in [0.4, 0.5) is 0 Å². The van der Waals surface area contributed by atoms with E-state index >= 15 is 0 Å². The molecule has 0 saturated carbocycles. The Morgan fingerprint density at radius 1 is 1.09 bits per heavy atom. The number of piperazine rings is 1. The summed E-state index contributed by atoms with van der Waals surface area (Å²) in [4.78, 5) is 29.5. The SMILES string of the molecule is CN1C(=O)C[C@@H](N2CCN(C/C=C\c3ccccc3)CC2)C1=O. The molecule has 3 rings (SSSR count). The van der Waals surface area contributed by atoms with E-state index in [2.05, 4.69) is 34.1 Å². The zero-order valence-corrected chi connectivity index (χ0v) is 13.5. The molecule has 0 aromatic heterocycles. The Morgan fingerprint density at radius 3 is 2.39 bits per heavy atom. The van der Waals surface area contributed by atoms with Gasteiger partial charge in [-0.3, -0.25) is 24.3 Å². The molecule has 122 valence electrons. The summed E-state index contributed by atoms with van der Waals surface area (Å²) in [6.45, 7) is 4.47. The number of benzene rings is 1. The van der Waals surface area contributed by atoms with Crippen LogP contribution >= 0.6 is 0 Å². The van der Waals surface area contributed by atoms with E-state index < -0.39 is 0 Å². The van der Waals surface area contributed by atoms with Gasteiger partial charge in [0.05, 0.1) is 12.5 Å². The van der Waals surface area contributed by atoms with Gasteiger partial charge in [0.1, 0.15) is 0 Å². The van der Waals surface area contributed by atoms with Gasteiger partial charge in [0.25, 0.3) is 0 Å². The number of nitrogens with zero attached hydrogens (tertiary/aromatic N) is 3.